The van der Waals surface area contributed by atoms with Gasteiger partial charge in [0.15, 0.2) is 5.78 Å². The number of hydrogen-bond donors (Lipinski definition) is 0. The van der Waals surface area contributed by atoms with Crippen molar-refractivity contribution in [3.8, 4) is 0 Å². The molecule has 168 valence electrons. The second-order valence-electron chi connectivity index (χ2n) is 10.5. The molecule has 2 aromatic carbocycles. The van der Waals surface area contributed by atoms with Gasteiger partial charge < -0.3 is 0 Å². The van der Waals surface area contributed by atoms with Crippen molar-refractivity contribution in [2.45, 2.75) is 100 Å². The molecule has 2 unspecified atom stereocenters. The molecule has 0 bridgehead atoms. The molecule has 2 heterocycles. The van der Waals surface area contributed by atoms with E-state index in [2.05, 4.69) is 70.5 Å². The Kier molecular flexibility index (Phi) is 5.64. The van der Waals surface area contributed by atoms with Gasteiger partial charge >= 0.3 is 0 Å². The van der Waals surface area contributed by atoms with Crippen molar-refractivity contribution in [2.75, 3.05) is 0 Å². The summed E-state index contributed by atoms with van der Waals surface area (Å²) >= 11 is 0. The van der Waals surface area contributed by atoms with Gasteiger partial charge in [0.2, 0.25) is 0 Å². The minimum absolute atomic E-state index is 0.0744. The molecule has 2 saturated heterocycles. The lowest BCUT2D eigenvalue weighted by Crippen LogP contribution is -2.31. The summed E-state index contributed by atoms with van der Waals surface area (Å²) in [6.45, 7) is 0. The maximum atomic E-state index is 14.2. The molecular weight excluding hydrogens is 392 g/mol. The summed E-state index contributed by atoms with van der Waals surface area (Å²) in [6.07, 6.45) is 13.0. The van der Waals surface area contributed by atoms with Crippen LogP contribution in [0.1, 0.15) is 87.4 Å². The van der Waals surface area contributed by atoms with Crippen LogP contribution in [0.2, 0.25) is 0 Å². The zero-order chi connectivity index (χ0) is 21.5. The summed E-state index contributed by atoms with van der Waals surface area (Å²) in [7, 11) is 0. The van der Waals surface area contributed by atoms with E-state index < -0.39 is 0 Å². The molecule has 4 aliphatic rings. The van der Waals surface area contributed by atoms with Gasteiger partial charge in [0, 0.05) is 12.1 Å². The predicted octanol–water partition coefficient (Wildman–Crippen LogP) is 6.07. The van der Waals surface area contributed by atoms with E-state index in [1.54, 1.807) is 0 Å². The third-order valence-corrected chi connectivity index (χ3v) is 8.56. The van der Waals surface area contributed by atoms with Crippen LogP contribution in [0.5, 0.6) is 0 Å². The minimum atomic E-state index is 0.0744. The Balaban J connectivity index is 1.28. The van der Waals surface area contributed by atoms with Crippen LogP contribution in [-0.2, 0) is 4.79 Å². The number of carbonyl (C=O) groups is 1. The summed E-state index contributed by atoms with van der Waals surface area (Å²) < 4.78 is 0. The predicted molar refractivity (Wildman–Crippen MR) is 128 cm³/mol. The van der Waals surface area contributed by atoms with Gasteiger partial charge in [-0.25, -0.2) is 0 Å². The molecule has 6 atom stereocenters. The lowest BCUT2D eigenvalue weighted by atomic mass is 9.95. The van der Waals surface area contributed by atoms with E-state index in [-0.39, 0.29) is 24.2 Å². The number of ketones is 1. The lowest BCUT2D eigenvalue weighted by molar-refractivity contribution is -0.120. The first-order valence-corrected chi connectivity index (χ1v) is 13.0. The molecule has 0 amide bonds. The largest absolute Gasteiger partial charge is 0.296 e. The number of nitrogens with zero attached hydrogens (tertiary/aromatic N) is 2. The van der Waals surface area contributed by atoms with Crippen LogP contribution < -0.4 is 0 Å². The van der Waals surface area contributed by atoms with E-state index in [4.69, 9.17) is 0 Å². The molecule has 32 heavy (non-hydrogen) atoms. The van der Waals surface area contributed by atoms with Gasteiger partial charge in [-0.3, -0.25) is 14.6 Å². The van der Waals surface area contributed by atoms with Crippen molar-refractivity contribution in [3.05, 3.63) is 71.8 Å². The van der Waals surface area contributed by atoms with Crippen LogP contribution in [0.25, 0.3) is 0 Å². The number of rotatable bonds is 6. The molecule has 0 aromatic heterocycles. The summed E-state index contributed by atoms with van der Waals surface area (Å²) in [5.41, 5.74) is 2.66. The molecule has 0 spiro atoms. The highest BCUT2D eigenvalue weighted by molar-refractivity contribution is 5.96. The molecular formula is C29H36N2O. The standard InChI is InChI=1S/C29H36N2O/c32-29(27-25(21-13-5-1-6-14-21)30(27)23-17-9-3-10-18-23)28-26(22-15-7-2-8-16-22)31(28)24-19-11-4-12-20-24/h1-2,5-8,13-16,23-28H,3-4,9-12,17-20H2/t25-,26+,27-,28-,30?,31?/m0/s1. The highest BCUT2D eigenvalue weighted by atomic mass is 16.1. The molecule has 2 aromatic rings. The van der Waals surface area contributed by atoms with E-state index in [9.17, 15) is 4.79 Å². The first kappa shape index (κ1) is 20.6. The third-order valence-electron chi connectivity index (χ3n) is 8.56. The van der Waals surface area contributed by atoms with Crippen LogP contribution in [0.3, 0.4) is 0 Å². The highest BCUT2D eigenvalue weighted by Gasteiger charge is 2.64. The average molecular weight is 429 g/mol. The quantitative estimate of drug-likeness (QED) is 0.522. The first-order chi connectivity index (χ1) is 15.8. The van der Waals surface area contributed by atoms with E-state index in [1.807, 2.05) is 0 Å². The molecule has 2 aliphatic heterocycles. The van der Waals surface area contributed by atoms with Gasteiger partial charge in [-0.05, 0) is 36.8 Å². The van der Waals surface area contributed by atoms with E-state index in [1.165, 1.54) is 75.3 Å². The summed E-state index contributed by atoms with van der Waals surface area (Å²) in [6, 6.07) is 23.5. The Hall–Kier alpha value is -1.97. The van der Waals surface area contributed by atoms with Gasteiger partial charge in [-0.15, -0.1) is 0 Å². The van der Waals surface area contributed by atoms with Crippen LogP contribution in [-0.4, -0.2) is 39.8 Å². The fourth-order valence-electron chi connectivity index (χ4n) is 6.95. The Morgan fingerprint density at radius 1 is 0.562 bits per heavy atom. The second-order valence-corrected chi connectivity index (χ2v) is 10.5. The number of benzene rings is 2. The van der Waals surface area contributed by atoms with Crippen molar-refractivity contribution in [1.82, 2.24) is 9.80 Å². The molecule has 2 saturated carbocycles. The molecule has 4 fully saturated rings. The van der Waals surface area contributed by atoms with Crippen molar-refractivity contribution in [1.29, 1.82) is 0 Å². The smallest absolute Gasteiger partial charge is 0.170 e. The highest BCUT2D eigenvalue weighted by Crippen LogP contribution is 2.55. The Bertz CT molecular complexity index is 841. The molecule has 0 N–H and O–H groups in total. The second kappa shape index (κ2) is 8.76. The lowest BCUT2D eigenvalue weighted by Gasteiger charge is -2.25. The number of carbonyl (C=O) groups excluding carboxylic acids is 1. The Morgan fingerprint density at radius 2 is 0.938 bits per heavy atom. The fourth-order valence-corrected chi connectivity index (χ4v) is 6.95. The number of hydrogen-bond acceptors (Lipinski definition) is 3. The van der Waals surface area contributed by atoms with Crippen molar-refractivity contribution in [3.63, 3.8) is 0 Å². The van der Waals surface area contributed by atoms with Crippen LogP contribution >= 0.6 is 0 Å². The zero-order valence-corrected chi connectivity index (χ0v) is 19.1. The first-order valence-electron chi connectivity index (χ1n) is 13.0. The maximum absolute atomic E-state index is 14.2. The van der Waals surface area contributed by atoms with Gasteiger partial charge in [0.25, 0.3) is 0 Å². The van der Waals surface area contributed by atoms with E-state index in [0.717, 1.165) is 0 Å². The van der Waals surface area contributed by atoms with Gasteiger partial charge in [-0.2, -0.15) is 0 Å². The van der Waals surface area contributed by atoms with Crippen LogP contribution in [0.4, 0.5) is 0 Å². The minimum Gasteiger partial charge on any atom is -0.296 e. The Labute approximate surface area is 192 Å². The average Bonchev–Trinajstić information content (AvgIpc) is 3.79. The molecule has 0 radical (unpaired) electrons. The number of Topliss-reactive ketones (excluding diaryl/α,β-unsaturated/α-hetero) is 1. The normalized spacial score (nSPS) is 35.4. The van der Waals surface area contributed by atoms with Crippen LogP contribution in [0, 0.1) is 0 Å². The Morgan fingerprint density at radius 3 is 1.31 bits per heavy atom. The summed E-state index contributed by atoms with van der Waals surface area (Å²) in [5, 5.41) is 0. The van der Waals surface area contributed by atoms with E-state index >= 15 is 0 Å². The van der Waals surface area contributed by atoms with Crippen molar-refractivity contribution >= 4 is 5.78 Å². The van der Waals surface area contributed by atoms with E-state index in [0.29, 0.717) is 17.9 Å². The van der Waals surface area contributed by atoms with Crippen molar-refractivity contribution in [2.24, 2.45) is 0 Å². The zero-order valence-electron chi connectivity index (χ0n) is 19.1. The van der Waals surface area contributed by atoms with Gasteiger partial charge in [0.1, 0.15) is 0 Å². The monoisotopic (exact) mass is 428 g/mol. The topological polar surface area (TPSA) is 23.1 Å². The summed E-state index contributed by atoms with van der Waals surface area (Å²) in [4.78, 5) is 19.3. The maximum Gasteiger partial charge on any atom is 0.170 e. The molecule has 3 nitrogen and oxygen atoms in total. The third kappa shape index (κ3) is 3.74. The molecule has 2 aliphatic carbocycles. The van der Waals surface area contributed by atoms with Crippen molar-refractivity contribution < 1.29 is 4.79 Å². The fraction of sp³-hybridized carbons (Fsp3) is 0.552. The SMILES string of the molecule is O=C([C@@H]1[C@@H](c2ccccc2)N1C1CCCCC1)[C@@H]1[C@H](c2ccccc2)N1C1CCCCC1. The van der Waals surface area contributed by atoms with Gasteiger partial charge in [0.05, 0.1) is 24.2 Å². The van der Waals surface area contributed by atoms with Crippen LogP contribution in [0.15, 0.2) is 60.7 Å². The molecule has 3 heteroatoms. The van der Waals surface area contributed by atoms with Gasteiger partial charge in [-0.1, -0.05) is 99.2 Å². The summed E-state index contributed by atoms with van der Waals surface area (Å²) in [5.74, 6) is 0.490. The molecule has 6 rings (SSSR count).